The van der Waals surface area contributed by atoms with Crippen LogP contribution in [0, 0.1) is 5.82 Å². The molecule has 0 atom stereocenters. The molecule has 1 aliphatic heterocycles. The Morgan fingerprint density at radius 2 is 2.11 bits per heavy atom. The van der Waals surface area contributed by atoms with E-state index in [4.69, 9.17) is 4.74 Å². The fourth-order valence-electron chi connectivity index (χ4n) is 2.31. The van der Waals surface area contributed by atoms with E-state index in [0.29, 0.717) is 17.5 Å². The Bertz CT molecular complexity index is 549. The van der Waals surface area contributed by atoms with Crippen LogP contribution in [0.1, 0.15) is 18.9 Å². The molecule has 1 aromatic carbocycles. The number of rotatable bonds is 3. The Balaban J connectivity index is 1.70. The molecule has 3 rings (SSSR count). The van der Waals surface area contributed by atoms with Gasteiger partial charge in [-0.15, -0.1) is 0 Å². The van der Waals surface area contributed by atoms with Crippen LogP contribution in [-0.4, -0.2) is 22.9 Å². The Morgan fingerprint density at radius 3 is 2.89 bits per heavy atom. The van der Waals surface area contributed by atoms with Gasteiger partial charge in [0, 0.05) is 6.07 Å². The van der Waals surface area contributed by atoms with Gasteiger partial charge in [-0.05, 0) is 38.1 Å². The Morgan fingerprint density at radius 1 is 1.26 bits per heavy atom. The summed E-state index contributed by atoms with van der Waals surface area (Å²) in [6.45, 7) is 2.04. The predicted molar refractivity (Wildman–Crippen MR) is 69.8 cm³/mol. The molecule has 2 heterocycles. The first-order valence-electron chi connectivity index (χ1n) is 6.49. The minimum absolute atomic E-state index is 0.303. The molecule has 0 spiro atoms. The van der Waals surface area contributed by atoms with E-state index < -0.39 is 0 Å². The van der Waals surface area contributed by atoms with E-state index in [0.717, 1.165) is 25.9 Å². The van der Waals surface area contributed by atoms with Gasteiger partial charge in [-0.3, -0.25) is 4.68 Å². The molecule has 2 aromatic rings. The smallest absolute Gasteiger partial charge is 0.165 e. The zero-order chi connectivity index (χ0) is 13.1. The van der Waals surface area contributed by atoms with Gasteiger partial charge in [0.25, 0.3) is 0 Å². The first kappa shape index (κ1) is 12.2. The Kier molecular flexibility index (Phi) is 3.46. The van der Waals surface area contributed by atoms with E-state index in [-0.39, 0.29) is 5.82 Å². The summed E-state index contributed by atoms with van der Waals surface area (Å²) in [5, 5.41) is 7.65. The van der Waals surface area contributed by atoms with Gasteiger partial charge < -0.3 is 10.1 Å². The lowest BCUT2D eigenvalue weighted by Crippen LogP contribution is -2.29. The van der Waals surface area contributed by atoms with Gasteiger partial charge in [0.1, 0.15) is 11.6 Å². The van der Waals surface area contributed by atoms with Crippen LogP contribution >= 0.6 is 0 Å². The molecule has 1 fully saturated rings. The molecule has 100 valence electrons. The SMILES string of the molecule is Fc1cccc(Oc2cnn(C3CCNCC3)c2)c1. The maximum absolute atomic E-state index is 13.1. The van der Waals surface area contributed by atoms with Crippen LogP contribution in [0.4, 0.5) is 4.39 Å². The topological polar surface area (TPSA) is 39.1 Å². The standard InChI is InChI=1S/C14H16FN3O/c15-11-2-1-3-13(8-11)19-14-9-17-18(10-14)12-4-6-16-7-5-12/h1-3,8-10,12,16H,4-7H2. The number of hydrogen-bond donors (Lipinski definition) is 1. The summed E-state index contributed by atoms with van der Waals surface area (Å²) < 4.78 is 20.6. The highest BCUT2D eigenvalue weighted by atomic mass is 19.1. The fourth-order valence-corrected chi connectivity index (χ4v) is 2.31. The number of nitrogens with one attached hydrogen (secondary N) is 1. The number of aromatic nitrogens is 2. The lowest BCUT2D eigenvalue weighted by atomic mass is 10.1. The van der Waals surface area contributed by atoms with Crippen molar-refractivity contribution >= 4 is 0 Å². The monoisotopic (exact) mass is 261 g/mol. The third-order valence-corrected chi connectivity index (χ3v) is 3.29. The van der Waals surface area contributed by atoms with Gasteiger partial charge in [0.2, 0.25) is 0 Å². The highest BCUT2D eigenvalue weighted by Gasteiger charge is 2.16. The number of benzene rings is 1. The summed E-state index contributed by atoms with van der Waals surface area (Å²) in [6.07, 6.45) is 5.69. The van der Waals surface area contributed by atoms with Crippen molar-refractivity contribution in [2.45, 2.75) is 18.9 Å². The van der Waals surface area contributed by atoms with Gasteiger partial charge in [-0.1, -0.05) is 6.07 Å². The first-order chi connectivity index (χ1) is 9.31. The van der Waals surface area contributed by atoms with Crippen molar-refractivity contribution in [3.05, 3.63) is 42.5 Å². The second-order valence-corrected chi connectivity index (χ2v) is 4.70. The van der Waals surface area contributed by atoms with Crippen molar-refractivity contribution in [1.82, 2.24) is 15.1 Å². The van der Waals surface area contributed by atoms with Crippen molar-refractivity contribution in [2.24, 2.45) is 0 Å². The van der Waals surface area contributed by atoms with Crippen molar-refractivity contribution in [3.63, 3.8) is 0 Å². The van der Waals surface area contributed by atoms with Crippen LogP contribution in [0.5, 0.6) is 11.5 Å². The molecule has 19 heavy (non-hydrogen) atoms. The molecule has 0 radical (unpaired) electrons. The molecular formula is C14H16FN3O. The second kappa shape index (κ2) is 5.40. The van der Waals surface area contributed by atoms with E-state index in [9.17, 15) is 4.39 Å². The van der Waals surface area contributed by atoms with E-state index in [1.165, 1.54) is 12.1 Å². The maximum atomic E-state index is 13.1. The third kappa shape index (κ3) is 2.93. The van der Waals surface area contributed by atoms with Crippen LogP contribution in [0.25, 0.3) is 0 Å². The highest BCUT2D eigenvalue weighted by molar-refractivity contribution is 5.28. The number of ether oxygens (including phenoxy) is 1. The molecule has 1 aromatic heterocycles. The summed E-state index contributed by atoms with van der Waals surface area (Å²) in [5.41, 5.74) is 0. The highest BCUT2D eigenvalue weighted by Crippen LogP contribution is 2.24. The first-order valence-corrected chi connectivity index (χ1v) is 6.49. The van der Waals surface area contributed by atoms with Gasteiger partial charge in [0.05, 0.1) is 18.4 Å². The molecule has 1 saturated heterocycles. The summed E-state index contributed by atoms with van der Waals surface area (Å²) >= 11 is 0. The molecule has 0 aliphatic carbocycles. The summed E-state index contributed by atoms with van der Waals surface area (Å²) in [4.78, 5) is 0. The summed E-state index contributed by atoms with van der Waals surface area (Å²) in [7, 11) is 0. The molecule has 0 amide bonds. The minimum atomic E-state index is -0.303. The summed E-state index contributed by atoms with van der Waals surface area (Å²) in [5.74, 6) is 0.831. The molecule has 0 bridgehead atoms. The van der Waals surface area contributed by atoms with E-state index in [1.54, 1.807) is 18.3 Å². The number of halogens is 1. The van der Waals surface area contributed by atoms with E-state index >= 15 is 0 Å². The third-order valence-electron chi connectivity index (χ3n) is 3.29. The fraction of sp³-hybridized carbons (Fsp3) is 0.357. The average molecular weight is 261 g/mol. The zero-order valence-electron chi connectivity index (χ0n) is 10.6. The molecule has 1 N–H and O–H groups in total. The Labute approximate surface area is 111 Å². The largest absolute Gasteiger partial charge is 0.454 e. The molecule has 4 nitrogen and oxygen atoms in total. The molecule has 0 unspecified atom stereocenters. The number of piperidine rings is 1. The van der Waals surface area contributed by atoms with Crippen molar-refractivity contribution in [2.75, 3.05) is 13.1 Å². The molecular weight excluding hydrogens is 245 g/mol. The molecule has 1 aliphatic rings. The lowest BCUT2D eigenvalue weighted by molar-refractivity contribution is 0.342. The van der Waals surface area contributed by atoms with Crippen molar-refractivity contribution in [3.8, 4) is 11.5 Å². The quantitative estimate of drug-likeness (QED) is 0.923. The molecule has 0 saturated carbocycles. The van der Waals surface area contributed by atoms with E-state index in [1.807, 2.05) is 10.9 Å². The van der Waals surface area contributed by atoms with Gasteiger partial charge in [0.15, 0.2) is 5.75 Å². The van der Waals surface area contributed by atoms with Gasteiger partial charge in [-0.2, -0.15) is 5.10 Å². The predicted octanol–water partition coefficient (Wildman–Crippen LogP) is 2.74. The van der Waals surface area contributed by atoms with Crippen LogP contribution < -0.4 is 10.1 Å². The molecule has 5 heteroatoms. The zero-order valence-corrected chi connectivity index (χ0v) is 10.6. The van der Waals surface area contributed by atoms with Crippen LogP contribution in [0.3, 0.4) is 0 Å². The minimum Gasteiger partial charge on any atom is -0.454 e. The van der Waals surface area contributed by atoms with Gasteiger partial charge in [-0.25, -0.2) is 4.39 Å². The van der Waals surface area contributed by atoms with Gasteiger partial charge >= 0.3 is 0 Å². The second-order valence-electron chi connectivity index (χ2n) is 4.70. The maximum Gasteiger partial charge on any atom is 0.165 e. The van der Waals surface area contributed by atoms with Crippen molar-refractivity contribution < 1.29 is 9.13 Å². The van der Waals surface area contributed by atoms with E-state index in [2.05, 4.69) is 10.4 Å². The number of hydrogen-bond acceptors (Lipinski definition) is 3. The van der Waals surface area contributed by atoms with Crippen LogP contribution in [0.2, 0.25) is 0 Å². The summed E-state index contributed by atoms with van der Waals surface area (Å²) in [6, 6.07) is 6.53. The number of nitrogens with zero attached hydrogens (tertiary/aromatic N) is 2. The Hall–Kier alpha value is -1.88. The lowest BCUT2D eigenvalue weighted by Gasteiger charge is -2.22. The van der Waals surface area contributed by atoms with Crippen molar-refractivity contribution in [1.29, 1.82) is 0 Å². The van der Waals surface area contributed by atoms with Crippen LogP contribution in [-0.2, 0) is 0 Å². The normalized spacial score (nSPS) is 16.5. The average Bonchev–Trinajstić information content (AvgIpc) is 2.88. The van der Waals surface area contributed by atoms with Crippen LogP contribution in [0.15, 0.2) is 36.7 Å².